The lowest BCUT2D eigenvalue weighted by Gasteiger charge is -2.02. The second kappa shape index (κ2) is 4.07. The van der Waals surface area contributed by atoms with Gasteiger partial charge in [-0.3, -0.25) is 4.79 Å². The Balaban J connectivity index is 3.22. The van der Waals surface area contributed by atoms with E-state index >= 15 is 0 Å². The Kier molecular flexibility index (Phi) is 3.05. The molecule has 0 saturated heterocycles. The zero-order chi connectivity index (χ0) is 10.7. The number of hydrogen-bond donors (Lipinski definition) is 1. The van der Waals surface area contributed by atoms with Gasteiger partial charge >= 0.3 is 5.97 Å². The van der Waals surface area contributed by atoms with Crippen LogP contribution in [0.2, 0.25) is 5.02 Å². The third-order valence-electron chi connectivity index (χ3n) is 1.61. The number of halogens is 2. The number of rotatable bonds is 2. The van der Waals surface area contributed by atoms with Gasteiger partial charge in [0.2, 0.25) is 0 Å². The Morgan fingerprint density at radius 2 is 2.29 bits per heavy atom. The van der Waals surface area contributed by atoms with Gasteiger partial charge in [0, 0.05) is 0 Å². The molecule has 3 nitrogen and oxygen atoms in total. The van der Waals surface area contributed by atoms with E-state index in [4.69, 9.17) is 22.0 Å². The molecule has 1 aromatic carbocycles. The summed E-state index contributed by atoms with van der Waals surface area (Å²) in [5, 5.41) is 16.9. The molecule has 0 heterocycles. The smallest absolute Gasteiger partial charge is 0.307 e. The third-order valence-corrected chi connectivity index (χ3v) is 1.90. The summed E-state index contributed by atoms with van der Waals surface area (Å²) in [6, 6.07) is 3.84. The standard InChI is InChI=1S/C9H5ClFNO2/c10-7-1-6(4-12)5(2-8(7)11)3-9(13)14/h1-2H,3H2,(H,13,14). The first kappa shape index (κ1) is 10.5. The molecule has 0 amide bonds. The van der Waals surface area contributed by atoms with Crippen LogP contribution >= 0.6 is 11.6 Å². The van der Waals surface area contributed by atoms with E-state index in [2.05, 4.69) is 0 Å². The Hall–Kier alpha value is -1.60. The van der Waals surface area contributed by atoms with Crippen molar-refractivity contribution >= 4 is 17.6 Å². The van der Waals surface area contributed by atoms with E-state index in [9.17, 15) is 9.18 Å². The van der Waals surface area contributed by atoms with E-state index in [1.54, 1.807) is 6.07 Å². The predicted molar refractivity (Wildman–Crippen MR) is 47.5 cm³/mol. The summed E-state index contributed by atoms with van der Waals surface area (Å²) in [7, 11) is 0. The van der Waals surface area contributed by atoms with E-state index < -0.39 is 18.2 Å². The summed E-state index contributed by atoms with van der Waals surface area (Å²) in [6.45, 7) is 0. The minimum Gasteiger partial charge on any atom is -0.481 e. The fourth-order valence-corrected chi connectivity index (χ4v) is 1.16. The van der Waals surface area contributed by atoms with Gasteiger partial charge in [0.05, 0.1) is 23.1 Å². The summed E-state index contributed by atoms with van der Waals surface area (Å²) in [4.78, 5) is 10.4. The SMILES string of the molecule is N#Cc1cc(Cl)c(F)cc1CC(=O)O. The number of carbonyl (C=O) groups is 1. The molecule has 5 heteroatoms. The van der Waals surface area contributed by atoms with Gasteiger partial charge in [-0.1, -0.05) is 11.6 Å². The Morgan fingerprint density at radius 3 is 2.79 bits per heavy atom. The van der Waals surface area contributed by atoms with Crippen molar-refractivity contribution in [2.24, 2.45) is 0 Å². The van der Waals surface area contributed by atoms with Crippen molar-refractivity contribution in [1.29, 1.82) is 5.26 Å². The maximum atomic E-state index is 12.9. The lowest BCUT2D eigenvalue weighted by atomic mass is 10.1. The van der Waals surface area contributed by atoms with Gasteiger partial charge in [-0.15, -0.1) is 0 Å². The highest BCUT2D eigenvalue weighted by atomic mass is 35.5. The number of carboxylic acid groups (broad SMARTS) is 1. The lowest BCUT2D eigenvalue weighted by Crippen LogP contribution is -2.03. The number of carboxylic acids is 1. The van der Waals surface area contributed by atoms with Gasteiger partial charge < -0.3 is 5.11 Å². The molecule has 0 aromatic heterocycles. The normalized spacial score (nSPS) is 9.50. The Labute approximate surface area is 84.3 Å². The third kappa shape index (κ3) is 2.21. The number of hydrogen-bond acceptors (Lipinski definition) is 2. The van der Waals surface area contributed by atoms with Crippen molar-refractivity contribution in [3.8, 4) is 6.07 Å². The maximum Gasteiger partial charge on any atom is 0.307 e. The van der Waals surface area contributed by atoms with Gasteiger partial charge in [-0.25, -0.2) is 4.39 Å². The molecule has 0 bridgehead atoms. The molecular formula is C9H5ClFNO2. The van der Waals surface area contributed by atoms with Gasteiger partial charge in [0.15, 0.2) is 0 Å². The number of benzene rings is 1. The Bertz CT molecular complexity index is 426. The average Bonchev–Trinajstić information content (AvgIpc) is 2.10. The van der Waals surface area contributed by atoms with E-state index in [1.807, 2.05) is 0 Å². The quantitative estimate of drug-likeness (QED) is 0.817. The summed E-state index contributed by atoms with van der Waals surface area (Å²) in [6.07, 6.45) is -0.392. The molecule has 0 atom stereocenters. The molecule has 0 aliphatic heterocycles. The Morgan fingerprint density at radius 1 is 1.64 bits per heavy atom. The first-order valence-corrected chi connectivity index (χ1v) is 4.02. The van der Waals surface area contributed by atoms with Crippen LogP contribution in [0.4, 0.5) is 4.39 Å². The zero-order valence-electron chi connectivity index (χ0n) is 6.92. The van der Waals surface area contributed by atoms with Gasteiger partial charge in [-0.2, -0.15) is 5.26 Å². The van der Waals surface area contributed by atoms with Crippen LogP contribution < -0.4 is 0 Å². The summed E-state index contributed by atoms with van der Waals surface area (Å²) in [5.41, 5.74) is 0.209. The molecule has 0 saturated carbocycles. The van der Waals surface area contributed by atoms with Gasteiger partial charge in [0.1, 0.15) is 5.82 Å². The van der Waals surface area contributed by atoms with E-state index in [0.29, 0.717) is 0 Å². The molecule has 0 fully saturated rings. The molecule has 0 unspecified atom stereocenters. The largest absolute Gasteiger partial charge is 0.481 e. The molecule has 72 valence electrons. The highest BCUT2D eigenvalue weighted by Crippen LogP contribution is 2.20. The van der Waals surface area contributed by atoms with Crippen LogP contribution in [0.15, 0.2) is 12.1 Å². The van der Waals surface area contributed by atoms with Crippen LogP contribution in [0.25, 0.3) is 0 Å². The minimum atomic E-state index is -1.12. The monoisotopic (exact) mass is 213 g/mol. The van der Waals surface area contributed by atoms with Gasteiger partial charge in [0.25, 0.3) is 0 Å². The number of nitrogens with zero attached hydrogens (tertiary/aromatic N) is 1. The summed E-state index contributed by atoms with van der Waals surface area (Å²) < 4.78 is 12.9. The van der Waals surface area contributed by atoms with Crippen LogP contribution in [-0.2, 0) is 11.2 Å². The van der Waals surface area contributed by atoms with Crippen molar-refractivity contribution in [2.75, 3.05) is 0 Å². The maximum absolute atomic E-state index is 12.9. The van der Waals surface area contributed by atoms with Crippen molar-refractivity contribution in [3.05, 3.63) is 34.1 Å². The van der Waals surface area contributed by atoms with Crippen molar-refractivity contribution in [3.63, 3.8) is 0 Å². The van der Waals surface area contributed by atoms with Crippen molar-refractivity contribution < 1.29 is 14.3 Å². The van der Waals surface area contributed by atoms with Crippen LogP contribution in [0.1, 0.15) is 11.1 Å². The van der Waals surface area contributed by atoms with Crippen LogP contribution in [0.5, 0.6) is 0 Å². The molecular weight excluding hydrogens is 209 g/mol. The fourth-order valence-electron chi connectivity index (χ4n) is 1.00. The van der Waals surface area contributed by atoms with E-state index in [-0.39, 0.29) is 16.1 Å². The van der Waals surface area contributed by atoms with Crippen molar-refractivity contribution in [2.45, 2.75) is 6.42 Å². The zero-order valence-corrected chi connectivity index (χ0v) is 7.68. The molecule has 0 aliphatic rings. The highest BCUT2D eigenvalue weighted by Gasteiger charge is 2.10. The highest BCUT2D eigenvalue weighted by molar-refractivity contribution is 6.30. The van der Waals surface area contributed by atoms with Crippen LogP contribution in [0.3, 0.4) is 0 Å². The first-order chi connectivity index (χ1) is 6.54. The predicted octanol–water partition coefficient (Wildman–Crippen LogP) is 1.98. The van der Waals surface area contributed by atoms with E-state index in [0.717, 1.165) is 12.1 Å². The average molecular weight is 214 g/mol. The molecule has 1 rings (SSSR count). The first-order valence-electron chi connectivity index (χ1n) is 3.64. The molecule has 0 spiro atoms. The molecule has 0 radical (unpaired) electrons. The molecule has 0 aliphatic carbocycles. The lowest BCUT2D eigenvalue weighted by molar-refractivity contribution is -0.136. The van der Waals surface area contributed by atoms with E-state index in [1.165, 1.54) is 0 Å². The topological polar surface area (TPSA) is 61.1 Å². The minimum absolute atomic E-state index is 0.0822. The summed E-state index contributed by atoms with van der Waals surface area (Å²) in [5.74, 6) is -1.84. The molecule has 1 aromatic rings. The second-order valence-corrected chi connectivity index (χ2v) is 3.01. The number of aliphatic carboxylic acids is 1. The van der Waals surface area contributed by atoms with Crippen LogP contribution in [-0.4, -0.2) is 11.1 Å². The fraction of sp³-hybridized carbons (Fsp3) is 0.111. The van der Waals surface area contributed by atoms with Crippen LogP contribution in [0, 0.1) is 17.1 Å². The second-order valence-electron chi connectivity index (χ2n) is 2.61. The molecule has 1 N–H and O–H groups in total. The molecule has 14 heavy (non-hydrogen) atoms. The van der Waals surface area contributed by atoms with Crippen molar-refractivity contribution in [1.82, 2.24) is 0 Å². The summed E-state index contributed by atoms with van der Waals surface area (Å²) >= 11 is 5.43. The number of nitriles is 1. The van der Waals surface area contributed by atoms with Gasteiger partial charge in [-0.05, 0) is 17.7 Å².